The summed E-state index contributed by atoms with van der Waals surface area (Å²) in [4.78, 5) is 0. The van der Waals surface area contributed by atoms with E-state index < -0.39 is 0 Å². The normalized spacial score (nSPS) is 10.3. The molecule has 0 N–H and O–H groups in total. The summed E-state index contributed by atoms with van der Waals surface area (Å²) in [6.07, 6.45) is 1.81. The summed E-state index contributed by atoms with van der Waals surface area (Å²) in [6, 6.07) is 1.98. The number of hydrogen-bond donors (Lipinski definition) is 0. The number of rotatable bonds is 2. The first-order valence-electron chi connectivity index (χ1n) is 2.86. The van der Waals surface area contributed by atoms with Crippen molar-refractivity contribution >= 4 is 3.90 Å². The van der Waals surface area contributed by atoms with E-state index in [0.717, 1.165) is 5.57 Å². The Hall–Kier alpha value is -0.472. The van der Waals surface area contributed by atoms with Crippen molar-refractivity contribution in [3.05, 3.63) is 23.8 Å². The van der Waals surface area contributed by atoms with Crippen molar-refractivity contribution < 1.29 is 19.4 Å². The Balaban J connectivity index is 4.35. The van der Waals surface area contributed by atoms with Gasteiger partial charge in [0.05, 0.1) is 0 Å². The molecule has 0 heterocycles. The van der Waals surface area contributed by atoms with Crippen LogP contribution >= 0.6 is 0 Å². The van der Waals surface area contributed by atoms with Gasteiger partial charge < -0.3 is 0 Å². The van der Waals surface area contributed by atoms with Crippen LogP contribution < -0.4 is 0 Å². The van der Waals surface area contributed by atoms with Gasteiger partial charge >= 0.3 is 72.2 Å². The van der Waals surface area contributed by atoms with Gasteiger partial charge in [-0.1, -0.05) is 0 Å². The standard InChI is InChI=1S/C8H9N.W/c1-4-7(2)5-8(3)6-9;/h5H,3H2,1-2H3;. The second-order valence-electron chi connectivity index (χ2n) is 2.02. The summed E-state index contributed by atoms with van der Waals surface area (Å²) < 4.78 is 1.30. The SMILES string of the molecule is C=C(C#N)C=C(C)[C](C)=[W]. The van der Waals surface area contributed by atoms with E-state index in [1.54, 1.807) is 0 Å². The fraction of sp³-hybridized carbons (Fsp3) is 0.250. The molecule has 0 spiro atoms. The van der Waals surface area contributed by atoms with Crippen LogP contribution in [0.25, 0.3) is 0 Å². The fourth-order valence-corrected chi connectivity index (χ4v) is 0.607. The predicted molar refractivity (Wildman–Crippen MR) is 39.2 cm³/mol. The van der Waals surface area contributed by atoms with E-state index >= 15 is 0 Å². The van der Waals surface area contributed by atoms with Gasteiger partial charge in [-0.2, -0.15) is 0 Å². The molecule has 0 aromatic heterocycles. The predicted octanol–water partition coefficient (Wildman–Crippen LogP) is 1.75. The van der Waals surface area contributed by atoms with Gasteiger partial charge in [0.1, 0.15) is 0 Å². The second kappa shape index (κ2) is 4.36. The van der Waals surface area contributed by atoms with Crippen molar-refractivity contribution in [3.63, 3.8) is 0 Å². The first-order valence-corrected chi connectivity index (χ1v) is 4.33. The van der Waals surface area contributed by atoms with Crippen LogP contribution in [0.3, 0.4) is 0 Å². The molecule has 10 heavy (non-hydrogen) atoms. The molecule has 0 aliphatic heterocycles. The molecule has 0 rings (SSSR count). The van der Waals surface area contributed by atoms with Crippen LogP contribution in [0.15, 0.2) is 23.8 Å². The van der Waals surface area contributed by atoms with Crippen molar-refractivity contribution in [2.45, 2.75) is 13.8 Å². The molecule has 0 unspecified atom stereocenters. The molecule has 1 nitrogen and oxygen atoms in total. The van der Waals surface area contributed by atoms with Gasteiger partial charge in [0.2, 0.25) is 0 Å². The van der Waals surface area contributed by atoms with Crippen molar-refractivity contribution in [2.24, 2.45) is 0 Å². The zero-order valence-corrected chi connectivity index (χ0v) is 9.07. The van der Waals surface area contributed by atoms with Crippen LogP contribution in [-0.2, 0) is 19.4 Å². The van der Waals surface area contributed by atoms with E-state index in [-0.39, 0.29) is 0 Å². The summed E-state index contributed by atoms with van der Waals surface area (Å²) in [5.41, 5.74) is 1.68. The van der Waals surface area contributed by atoms with E-state index in [2.05, 4.69) is 6.58 Å². The molecule has 0 aliphatic rings. The molecule has 0 aromatic carbocycles. The Labute approximate surface area is 72.5 Å². The third kappa shape index (κ3) is 3.53. The van der Waals surface area contributed by atoms with Crippen LogP contribution in [0.5, 0.6) is 0 Å². The fourth-order valence-electron chi connectivity index (χ4n) is 0.395. The quantitative estimate of drug-likeness (QED) is 0.563. The topological polar surface area (TPSA) is 23.8 Å². The average Bonchev–Trinajstić information content (AvgIpc) is 1.87. The molecule has 0 atom stereocenters. The van der Waals surface area contributed by atoms with Crippen LogP contribution in [-0.4, -0.2) is 3.90 Å². The van der Waals surface area contributed by atoms with Gasteiger partial charge in [-0.15, -0.1) is 0 Å². The second-order valence-corrected chi connectivity index (χ2v) is 4.22. The van der Waals surface area contributed by atoms with E-state index in [1.165, 1.54) is 23.3 Å². The van der Waals surface area contributed by atoms with Crippen molar-refractivity contribution in [1.29, 1.82) is 5.26 Å². The Morgan fingerprint density at radius 1 is 1.60 bits per heavy atom. The first kappa shape index (κ1) is 9.53. The molecule has 52 valence electrons. The third-order valence-electron chi connectivity index (χ3n) is 1.09. The van der Waals surface area contributed by atoms with E-state index in [1.807, 2.05) is 26.0 Å². The minimum absolute atomic E-state index is 0.526. The van der Waals surface area contributed by atoms with Gasteiger partial charge in [0, 0.05) is 0 Å². The number of nitriles is 1. The molecule has 0 aliphatic carbocycles. The zero-order valence-electron chi connectivity index (χ0n) is 6.14. The van der Waals surface area contributed by atoms with Gasteiger partial charge in [0.25, 0.3) is 0 Å². The summed E-state index contributed by atoms with van der Waals surface area (Å²) in [7, 11) is 0. The van der Waals surface area contributed by atoms with Crippen molar-refractivity contribution in [3.8, 4) is 6.07 Å². The Kier molecular flexibility index (Phi) is 4.15. The molecule has 0 saturated heterocycles. The Bertz CT molecular complexity index is 230. The number of hydrogen-bond acceptors (Lipinski definition) is 1. The molecular formula is C8H9NW. The Morgan fingerprint density at radius 2 is 2.10 bits per heavy atom. The minimum atomic E-state index is 0.526. The maximum absolute atomic E-state index is 8.37. The van der Waals surface area contributed by atoms with Crippen molar-refractivity contribution in [1.82, 2.24) is 0 Å². The summed E-state index contributed by atoms with van der Waals surface area (Å²) >= 11 is 1.44. The zero-order chi connectivity index (χ0) is 8.15. The molecular weight excluding hydrogens is 294 g/mol. The van der Waals surface area contributed by atoms with Gasteiger partial charge in [-0.3, -0.25) is 0 Å². The van der Waals surface area contributed by atoms with Crippen molar-refractivity contribution in [2.75, 3.05) is 0 Å². The van der Waals surface area contributed by atoms with Crippen LogP contribution in [0.4, 0.5) is 0 Å². The summed E-state index contributed by atoms with van der Waals surface area (Å²) in [5, 5.41) is 8.37. The van der Waals surface area contributed by atoms with Crippen LogP contribution in [0.2, 0.25) is 0 Å². The van der Waals surface area contributed by atoms with Gasteiger partial charge in [-0.05, 0) is 0 Å². The maximum atomic E-state index is 8.37. The van der Waals surface area contributed by atoms with Gasteiger partial charge in [0.15, 0.2) is 0 Å². The molecule has 2 heteroatoms. The monoisotopic (exact) mass is 303 g/mol. The molecule has 0 radical (unpaired) electrons. The van der Waals surface area contributed by atoms with Gasteiger partial charge in [-0.25, -0.2) is 0 Å². The van der Waals surface area contributed by atoms with Crippen LogP contribution in [0, 0.1) is 11.3 Å². The van der Waals surface area contributed by atoms with E-state index in [9.17, 15) is 0 Å². The summed E-state index contributed by atoms with van der Waals surface area (Å²) in [6.45, 7) is 7.59. The third-order valence-corrected chi connectivity index (χ3v) is 2.25. The Morgan fingerprint density at radius 3 is 2.40 bits per heavy atom. The molecule has 0 saturated carbocycles. The van der Waals surface area contributed by atoms with E-state index in [0.29, 0.717) is 5.57 Å². The molecule has 0 aromatic rings. The summed E-state index contributed by atoms with van der Waals surface area (Å²) in [5.74, 6) is 0. The average molecular weight is 303 g/mol. The number of allylic oxidation sites excluding steroid dienone is 3. The molecule has 0 bridgehead atoms. The molecule has 0 fully saturated rings. The van der Waals surface area contributed by atoms with E-state index in [4.69, 9.17) is 5.26 Å². The van der Waals surface area contributed by atoms with Crippen LogP contribution in [0.1, 0.15) is 13.8 Å². The number of nitrogens with zero attached hydrogens (tertiary/aromatic N) is 1. The first-order chi connectivity index (χ1) is 4.57. The molecule has 0 amide bonds.